The lowest BCUT2D eigenvalue weighted by molar-refractivity contribution is -0.132. The molecule has 1 aromatic carbocycles. The van der Waals surface area contributed by atoms with Gasteiger partial charge in [-0.15, -0.1) is 0 Å². The van der Waals surface area contributed by atoms with Crippen molar-refractivity contribution in [2.75, 3.05) is 25.1 Å². The first-order chi connectivity index (χ1) is 15.9. The van der Waals surface area contributed by atoms with Gasteiger partial charge >= 0.3 is 0 Å². The van der Waals surface area contributed by atoms with E-state index >= 15 is 0 Å². The Hall–Kier alpha value is -2.43. The van der Waals surface area contributed by atoms with Crippen LogP contribution in [0.2, 0.25) is 0 Å². The summed E-state index contributed by atoms with van der Waals surface area (Å²) < 4.78 is 27.3. The van der Waals surface area contributed by atoms with Gasteiger partial charge in [-0.25, -0.2) is 8.42 Å². The summed E-state index contributed by atoms with van der Waals surface area (Å²) in [5.74, 6) is -0.318. The second-order valence-electron chi connectivity index (χ2n) is 7.93. The molecule has 0 radical (unpaired) electrons. The van der Waals surface area contributed by atoms with Crippen molar-refractivity contribution in [2.45, 2.75) is 36.7 Å². The number of aromatic nitrogens is 1. The molecule has 0 bridgehead atoms. The molecule has 0 unspecified atom stereocenters. The molecule has 2 atom stereocenters. The van der Waals surface area contributed by atoms with E-state index in [9.17, 15) is 18.0 Å². The van der Waals surface area contributed by atoms with Gasteiger partial charge in [0.2, 0.25) is 21.8 Å². The number of rotatable bonds is 10. The van der Waals surface area contributed by atoms with Gasteiger partial charge in [-0.05, 0) is 61.1 Å². The first kappa shape index (κ1) is 25.2. The summed E-state index contributed by atoms with van der Waals surface area (Å²) in [5.41, 5.74) is 0.919. The molecule has 1 aliphatic rings. The Morgan fingerprint density at radius 1 is 1.18 bits per heavy atom. The Bertz CT molecular complexity index is 1020. The summed E-state index contributed by atoms with van der Waals surface area (Å²) in [6.07, 6.45) is 6.93. The van der Waals surface area contributed by atoms with Crippen molar-refractivity contribution in [2.24, 2.45) is 5.92 Å². The molecule has 0 spiro atoms. The van der Waals surface area contributed by atoms with Gasteiger partial charge in [0.25, 0.3) is 0 Å². The van der Waals surface area contributed by atoms with E-state index < -0.39 is 22.0 Å². The molecule has 2 amide bonds. The van der Waals surface area contributed by atoms with Crippen LogP contribution in [-0.2, 0) is 26.2 Å². The fraction of sp³-hybridized carbons (Fsp3) is 0.435. The molecule has 2 N–H and O–H groups in total. The maximum atomic E-state index is 13.0. The van der Waals surface area contributed by atoms with Gasteiger partial charge in [-0.1, -0.05) is 18.2 Å². The highest BCUT2D eigenvalue weighted by atomic mass is 32.2. The fourth-order valence-electron chi connectivity index (χ4n) is 3.72. The zero-order valence-electron chi connectivity index (χ0n) is 18.6. The number of hydrogen-bond acceptors (Lipinski definition) is 6. The minimum atomic E-state index is -3.66. The minimum absolute atomic E-state index is 0.108. The molecular weight excluding hydrogens is 460 g/mol. The van der Waals surface area contributed by atoms with E-state index in [0.29, 0.717) is 38.1 Å². The molecule has 178 valence electrons. The highest BCUT2D eigenvalue weighted by molar-refractivity contribution is 7.98. The van der Waals surface area contributed by atoms with Gasteiger partial charge < -0.3 is 10.6 Å². The van der Waals surface area contributed by atoms with Gasteiger partial charge in [0.05, 0.1) is 10.8 Å². The molecule has 2 aromatic rings. The van der Waals surface area contributed by atoms with Crippen LogP contribution < -0.4 is 10.6 Å². The van der Waals surface area contributed by atoms with Crippen LogP contribution in [0.5, 0.6) is 0 Å². The summed E-state index contributed by atoms with van der Waals surface area (Å²) in [7, 11) is -3.66. The predicted octanol–water partition coefficient (Wildman–Crippen LogP) is 2.04. The second-order valence-corrected chi connectivity index (χ2v) is 10.9. The summed E-state index contributed by atoms with van der Waals surface area (Å²) in [5, 5.41) is 5.74. The summed E-state index contributed by atoms with van der Waals surface area (Å²) in [6, 6.07) is 11.2. The Morgan fingerprint density at radius 3 is 2.61 bits per heavy atom. The number of nitrogens with zero attached hydrogens (tertiary/aromatic N) is 2. The Labute approximate surface area is 199 Å². The largest absolute Gasteiger partial charge is 0.350 e. The van der Waals surface area contributed by atoms with Crippen LogP contribution in [0.15, 0.2) is 59.8 Å². The molecule has 10 heteroatoms. The minimum Gasteiger partial charge on any atom is -0.350 e. The summed E-state index contributed by atoms with van der Waals surface area (Å²) in [6.45, 7) is 0.833. The normalized spacial score (nSPS) is 17.8. The second kappa shape index (κ2) is 12.2. The van der Waals surface area contributed by atoms with Gasteiger partial charge in [0.1, 0.15) is 6.04 Å². The van der Waals surface area contributed by atoms with E-state index in [1.807, 2.05) is 18.4 Å². The first-order valence-electron chi connectivity index (χ1n) is 10.9. The van der Waals surface area contributed by atoms with Crippen molar-refractivity contribution >= 4 is 33.6 Å². The van der Waals surface area contributed by atoms with Crippen LogP contribution >= 0.6 is 11.8 Å². The zero-order valence-corrected chi connectivity index (χ0v) is 20.3. The van der Waals surface area contributed by atoms with Gasteiger partial charge in [-0.3, -0.25) is 14.6 Å². The van der Waals surface area contributed by atoms with Gasteiger partial charge in [-0.2, -0.15) is 16.1 Å². The van der Waals surface area contributed by atoms with Crippen LogP contribution in [0.1, 0.15) is 24.8 Å². The number of piperidine rings is 1. The third kappa shape index (κ3) is 7.02. The lowest BCUT2D eigenvalue weighted by Crippen LogP contribution is -2.51. The SMILES string of the molecule is CSCC[C@H](NC(=O)[C@@H]1CCCN(S(=O)(=O)c2ccccc2)C1)C(=O)NCc1ccncc1. The molecule has 1 aromatic heterocycles. The Balaban J connectivity index is 1.62. The third-order valence-corrected chi connectivity index (χ3v) is 8.12. The number of nitrogens with one attached hydrogen (secondary N) is 2. The number of thioether (sulfide) groups is 1. The van der Waals surface area contributed by atoms with Crippen molar-refractivity contribution in [3.63, 3.8) is 0 Å². The molecule has 3 rings (SSSR count). The van der Waals surface area contributed by atoms with Gasteiger partial charge in [0.15, 0.2) is 0 Å². The van der Waals surface area contributed by atoms with Gasteiger partial charge in [0, 0.05) is 32.0 Å². The average Bonchev–Trinajstić information content (AvgIpc) is 2.86. The number of pyridine rings is 1. The number of hydrogen-bond donors (Lipinski definition) is 2. The Morgan fingerprint density at radius 2 is 1.91 bits per heavy atom. The van der Waals surface area contributed by atoms with E-state index in [1.54, 1.807) is 54.5 Å². The van der Waals surface area contributed by atoms with Crippen LogP contribution in [0.3, 0.4) is 0 Å². The predicted molar refractivity (Wildman–Crippen MR) is 129 cm³/mol. The maximum Gasteiger partial charge on any atom is 0.243 e. The third-order valence-electron chi connectivity index (χ3n) is 5.60. The maximum absolute atomic E-state index is 13.0. The number of sulfonamides is 1. The molecular formula is C23H30N4O4S2. The van der Waals surface area contributed by atoms with Crippen LogP contribution in [0.25, 0.3) is 0 Å². The topological polar surface area (TPSA) is 108 Å². The molecule has 1 saturated heterocycles. The smallest absolute Gasteiger partial charge is 0.243 e. The van der Waals surface area contributed by atoms with E-state index in [0.717, 1.165) is 5.56 Å². The highest BCUT2D eigenvalue weighted by Crippen LogP contribution is 2.24. The standard InChI is InChI=1S/C23H30N4O4S2/c1-32-15-11-21(23(29)25-16-18-9-12-24-13-10-18)26-22(28)19-6-5-14-27(17-19)33(30,31)20-7-3-2-4-8-20/h2-4,7-10,12-13,19,21H,5-6,11,14-17H2,1H3,(H,25,29)(H,26,28)/t19-,21+/m1/s1. The van der Waals surface area contributed by atoms with E-state index in [1.165, 1.54) is 4.31 Å². The van der Waals surface area contributed by atoms with E-state index in [-0.39, 0.29) is 23.3 Å². The number of benzene rings is 1. The van der Waals surface area contributed by atoms with Crippen molar-refractivity contribution in [3.05, 3.63) is 60.4 Å². The summed E-state index contributed by atoms with van der Waals surface area (Å²) in [4.78, 5) is 30.0. The monoisotopic (exact) mass is 490 g/mol. The van der Waals surface area contributed by atoms with Crippen LogP contribution in [0.4, 0.5) is 0 Å². The molecule has 8 nitrogen and oxygen atoms in total. The quantitative estimate of drug-likeness (QED) is 0.528. The summed E-state index contributed by atoms with van der Waals surface area (Å²) >= 11 is 1.60. The van der Waals surface area contributed by atoms with Crippen LogP contribution in [-0.4, -0.2) is 60.7 Å². The molecule has 1 aliphatic heterocycles. The van der Waals surface area contributed by atoms with Crippen LogP contribution in [0, 0.1) is 5.92 Å². The fourth-order valence-corrected chi connectivity index (χ4v) is 5.74. The lowest BCUT2D eigenvalue weighted by atomic mass is 9.98. The number of carbonyl (C=O) groups is 2. The van der Waals surface area contributed by atoms with Crippen molar-refractivity contribution in [1.29, 1.82) is 0 Å². The highest BCUT2D eigenvalue weighted by Gasteiger charge is 2.34. The number of amides is 2. The Kier molecular flexibility index (Phi) is 9.28. The zero-order chi connectivity index (χ0) is 23.7. The molecule has 2 heterocycles. The van der Waals surface area contributed by atoms with Crippen molar-refractivity contribution in [3.8, 4) is 0 Å². The first-order valence-corrected chi connectivity index (χ1v) is 13.8. The molecule has 1 fully saturated rings. The molecule has 0 saturated carbocycles. The van der Waals surface area contributed by atoms with Crippen molar-refractivity contribution < 1.29 is 18.0 Å². The van der Waals surface area contributed by atoms with Crippen molar-refractivity contribution in [1.82, 2.24) is 19.9 Å². The van der Waals surface area contributed by atoms with E-state index in [2.05, 4.69) is 15.6 Å². The average molecular weight is 491 g/mol. The molecule has 33 heavy (non-hydrogen) atoms. The lowest BCUT2D eigenvalue weighted by Gasteiger charge is -2.32. The van der Waals surface area contributed by atoms with E-state index in [4.69, 9.17) is 0 Å². The molecule has 0 aliphatic carbocycles. The number of carbonyl (C=O) groups excluding carboxylic acids is 2.